The summed E-state index contributed by atoms with van der Waals surface area (Å²) in [6.45, 7) is 2.02. The van der Waals surface area contributed by atoms with Crippen LogP contribution in [0.3, 0.4) is 0 Å². The second kappa shape index (κ2) is 5.66. The lowest BCUT2D eigenvalue weighted by Crippen LogP contribution is -2.20. The smallest absolute Gasteiger partial charge is 0.338 e. The van der Waals surface area contributed by atoms with Crippen LogP contribution < -0.4 is 4.90 Å². The number of nitro groups is 1. The van der Waals surface area contributed by atoms with Crippen LogP contribution in [0.2, 0.25) is 0 Å². The van der Waals surface area contributed by atoms with Crippen molar-refractivity contribution in [1.82, 2.24) is 0 Å². The van der Waals surface area contributed by atoms with E-state index < -0.39 is 10.9 Å². The first-order chi connectivity index (χ1) is 9.90. The van der Waals surface area contributed by atoms with Crippen molar-refractivity contribution in [3.8, 4) is 0 Å². The predicted octanol–water partition coefficient (Wildman–Crippen LogP) is 2.83. The Hall–Kier alpha value is -2.83. The first-order valence-corrected chi connectivity index (χ1v) is 6.17. The van der Waals surface area contributed by atoms with Crippen LogP contribution in [0.5, 0.6) is 0 Å². The van der Waals surface area contributed by atoms with Crippen LogP contribution in [0.25, 0.3) is 0 Å². The van der Waals surface area contributed by atoms with E-state index >= 15 is 0 Å². The summed E-state index contributed by atoms with van der Waals surface area (Å²) in [5, 5.41) is 20.3. The predicted molar refractivity (Wildman–Crippen MR) is 75.6 cm³/mol. The Labute approximate surface area is 120 Å². The molecular weight excluding hydrogens is 276 g/mol. The van der Waals surface area contributed by atoms with E-state index in [4.69, 9.17) is 4.42 Å². The number of carbonyl (C=O) groups is 1. The van der Waals surface area contributed by atoms with Gasteiger partial charge in [0.15, 0.2) is 0 Å². The van der Waals surface area contributed by atoms with Crippen molar-refractivity contribution in [3.63, 3.8) is 0 Å². The number of rotatable bonds is 5. The minimum atomic E-state index is -1.21. The summed E-state index contributed by atoms with van der Waals surface area (Å²) in [5.74, 6) is 0.111. The number of aromatic carboxylic acids is 1. The van der Waals surface area contributed by atoms with Crippen molar-refractivity contribution in [1.29, 1.82) is 0 Å². The van der Waals surface area contributed by atoms with Crippen LogP contribution in [-0.4, -0.2) is 23.0 Å². The molecule has 0 unspecified atom stereocenters. The van der Waals surface area contributed by atoms with E-state index in [0.29, 0.717) is 5.76 Å². The molecule has 1 N–H and O–H groups in total. The third kappa shape index (κ3) is 3.02. The molecule has 0 amide bonds. The number of nitrogens with zero attached hydrogens (tertiary/aromatic N) is 2. The maximum Gasteiger partial charge on any atom is 0.338 e. The van der Waals surface area contributed by atoms with Gasteiger partial charge in [-0.15, -0.1) is 0 Å². The molecule has 0 aliphatic carbocycles. The monoisotopic (exact) mass is 290 g/mol. The van der Waals surface area contributed by atoms with E-state index in [1.165, 1.54) is 23.1 Å². The van der Waals surface area contributed by atoms with Gasteiger partial charge in [0, 0.05) is 13.1 Å². The number of para-hydroxylation sites is 1. The summed E-state index contributed by atoms with van der Waals surface area (Å²) in [6, 6.07) is 7.51. The van der Waals surface area contributed by atoms with E-state index in [9.17, 15) is 20.0 Å². The molecule has 0 radical (unpaired) electrons. The fourth-order valence-corrected chi connectivity index (χ4v) is 2.14. The van der Waals surface area contributed by atoms with E-state index in [-0.39, 0.29) is 23.5 Å². The standard InChI is InChI=1S/C14H14N2O5/c1-9-6-7-10(21-9)8-15(2)13-11(14(17)18)4-3-5-12(13)16(19)20/h3-7H,8H2,1-2H3,(H,17,18). The van der Waals surface area contributed by atoms with Crippen LogP contribution in [-0.2, 0) is 6.54 Å². The van der Waals surface area contributed by atoms with Gasteiger partial charge in [-0.1, -0.05) is 6.07 Å². The Morgan fingerprint density at radius 1 is 1.38 bits per heavy atom. The van der Waals surface area contributed by atoms with Gasteiger partial charge in [-0.05, 0) is 25.1 Å². The molecule has 7 heteroatoms. The number of benzene rings is 1. The molecule has 1 aromatic heterocycles. The normalized spacial score (nSPS) is 10.4. The summed E-state index contributed by atoms with van der Waals surface area (Å²) < 4.78 is 5.42. The van der Waals surface area contributed by atoms with Crippen molar-refractivity contribution in [2.75, 3.05) is 11.9 Å². The molecule has 0 bridgehead atoms. The lowest BCUT2D eigenvalue weighted by molar-refractivity contribution is -0.384. The minimum absolute atomic E-state index is 0.0593. The number of anilines is 1. The molecule has 1 heterocycles. The summed E-state index contributed by atoms with van der Waals surface area (Å²) >= 11 is 0. The summed E-state index contributed by atoms with van der Waals surface area (Å²) in [7, 11) is 1.59. The molecule has 0 atom stereocenters. The van der Waals surface area contributed by atoms with Gasteiger partial charge in [-0.3, -0.25) is 10.1 Å². The van der Waals surface area contributed by atoms with Gasteiger partial charge in [0.1, 0.15) is 17.2 Å². The van der Waals surface area contributed by atoms with E-state index in [1.54, 1.807) is 26.1 Å². The molecule has 1 aromatic carbocycles. The molecule has 0 saturated carbocycles. The Balaban J connectivity index is 2.44. The van der Waals surface area contributed by atoms with Gasteiger partial charge in [-0.2, -0.15) is 0 Å². The van der Waals surface area contributed by atoms with Crippen molar-refractivity contribution in [2.45, 2.75) is 13.5 Å². The Morgan fingerprint density at radius 3 is 2.62 bits per heavy atom. The van der Waals surface area contributed by atoms with Gasteiger partial charge in [-0.25, -0.2) is 4.79 Å². The zero-order valence-electron chi connectivity index (χ0n) is 11.6. The topological polar surface area (TPSA) is 96.8 Å². The van der Waals surface area contributed by atoms with Crippen molar-refractivity contribution in [2.24, 2.45) is 0 Å². The second-order valence-corrected chi connectivity index (χ2v) is 4.60. The average molecular weight is 290 g/mol. The zero-order valence-corrected chi connectivity index (χ0v) is 11.6. The molecule has 2 rings (SSSR count). The largest absolute Gasteiger partial charge is 0.478 e. The second-order valence-electron chi connectivity index (χ2n) is 4.60. The molecule has 0 saturated heterocycles. The van der Waals surface area contributed by atoms with Crippen LogP contribution in [0, 0.1) is 17.0 Å². The third-order valence-electron chi connectivity index (χ3n) is 3.01. The molecule has 0 spiro atoms. The molecule has 0 aliphatic heterocycles. The zero-order chi connectivity index (χ0) is 15.6. The highest BCUT2D eigenvalue weighted by atomic mass is 16.6. The van der Waals surface area contributed by atoms with Crippen LogP contribution in [0.1, 0.15) is 21.9 Å². The number of carboxylic acids is 1. The van der Waals surface area contributed by atoms with E-state index in [0.717, 1.165) is 5.76 Å². The van der Waals surface area contributed by atoms with Gasteiger partial charge in [0.05, 0.1) is 17.0 Å². The SMILES string of the molecule is Cc1ccc(CN(C)c2c(C(=O)O)cccc2[N+](=O)[O-])o1. The van der Waals surface area contributed by atoms with Crippen molar-refractivity contribution >= 4 is 17.3 Å². The van der Waals surface area contributed by atoms with Gasteiger partial charge < -0.3 is 14.4 Å². The lowest BCUT2D eigenvalue weighted by atomic mass is 10.1. The third-order valence-corrected chi connectivity index (χ3v) is 3.01. The number of hydrogen-bond donors (Lipinski definition) is 1. The highest BCUT2D eigenvalue weighted by Gasteiger charge is 2.24. The molecule has 21 heavy (non-hydrogen) atoms. The van der Waals surface area contributed by atoms with Gasteiger partial charge in [0.2, 0.25) is 0 Å². The average Bonchev–Trinajstić information content (AvgIpc) is 2.82. The number of nitro benzene ring substituents is 1. The lowest BCUT2D eigenvalue weighted by Gasteiger charge is -2.19. The first-order valence-electron chi connectivity index (χ1n) is 6.17. The number of aryl methyl sites for hydroxylation is 1. The molecule has 2 aromatic rings. The quantitative estimate of drug-likeness (QED) is 0.671. The Kier molecular flexibility index (Phi) is 3.93. The minimum Gasteiger partial charge on any atom is -0.478 e. The molecule has 7 nitrogen and oxygen atoms in total. The van der Waals surface area contributed by atoms with Crippen LogP contribution in [0.4, 0.5) is 11.4 Å². The molecule has 0 fully saturated rings. The van der Waals surface area contributed by atoms with Crippen LogP contribution in [0.15, 0.2) is 34.7 Å². The fourth-order valence-electron chi connectivity index (χ4n) is 2.14. The maximum atomic E-state index is 11.3. The number of carboxylic acid groups (broad SMARTS) is 1. The highest BCUT2D eigenvalue weighted by molar-refractivity contribution is 5.97. The first kappa shape index (κ1) is 14.6. The summed E-state index contributed by atoms with van der Waals surface area (Å²) in [4.78, 5) is 23.3. The molecule has 110 valence electrons. The maximum absolute atomic E-state index is 11.3. The number of furan rings is 1. The van der Waals surface area contributed by atoms with Gasteiger partial charge >= 0.3 is 5.97 Å². The highest BCUT2D eigenvalue weighted by Crippen LogP contribution is 2.32. The summed E-state index contributed by atoms with van der Waals surface area (Å²) in [5.41, 5.74) is -0.306. The number of hydrogen-bond acceptors (Lipinski definition) is 5. The van der Waals surface area contributed by atoms with Crippen molar-refractivity contribution < 1.29 is 19.2 Å². The van der Waals surface area contributed by atoms with Gasteiger partial charge in [0.25, 0.3) is 5.69 Å². The summed E-state index contributed by atoms with van der Waals surface area (Å²) in [6.07, 6.45) is 0. The Bertz CT molecular complexity index is 660. The fraction of sp³-hybridized carbons (Fsp3) is 0.214. The Morgan fingerprint density at radius 2 is 2.10 bits per heavy atom. The molecule has 0 aliphatic rings. The van der Waals surface area contributed by atoms with E-state index in [1.807, 2.05) is 0 Å². The van der Waals surface area contributed by atoms with E-state index in [2.05, 4.69) is 0 Å². The van der Waals surface area contributed by atoms with Crippen LogP contribution >= 0.6 is 0 Å². The molecular formula is C14H14N2O5. The van der Waals surface area contributed by atoms with Crippen molar-refractivity contribution in [3.05, 3.63) is 57.5 Å².